The van der Waals surface area contributed by atoms with E-state index < -0.39 is 0 Å². The predicted molar refractivity (Wildman–Crippen MR) is 116 cm³/mol. The summed E-state index contributed by atoms with van der Waals surface area (Å²) in [6.45, 7) is 2.08. The minimum absolute atomic E-state index is 0.551. The van der Waals surface area contributed by atoms with Crippen LogP contribution in [0.4, 0.5) is 10.8 Å². The number of benzene rings is 2. The molecule has 0 radical (unpaired) electrons. The van der Waals surface area contributed by atoms with E-state index in [1.165, 1.54) is 17.3 Å². The molecule has 4 aromatic rings. The lowest BCUT2D eigenvalue weighted by Gasteiger charge is -2.05. The lowest BCUT2D eigenvalue weighted by atomic mass is 10.1. The molecule has 8 heteroatoms. The van der Waals surface area contributed by atoms with Crippen LogP contribution in [0.15, 0.2) is 63.6 Å². The Labute approximate surface area is 177 Å². The molecule has 0 amide bonds. The SMILES string of the molecule is COc1ccc(Cc2nnc(SCc3csc(Nc4ccccc4C)n3)o2)cc1. The van der Waals surface area contributed by atoms with Gasteiger partial charge in [0, 0.05) is 16.8 Å². The topological polar surface area (TPSA) is 73.1 Å². The summed E-state index contributed by atoms with van der Waals surface area (Å²) in [5.41, 5.74) is 4.33. The van der Waals surface area contributed by atoms with E-state index in [0.717, 1.165) is 27.8 Å². The summed E-state index contributed by atoms with van der Waals surface area (Å²) < 4.78 is 10.9. The third kappa shape index (κ3) is 5.16. The highest BCUT2D eigenvalue weighted by molar-refractivity contribution is 7.98. The van der Waals surface area contributed by atoms with Crippen molar-refractivity contribution in [1.29, 1.82) is 0 Å². The van der Waals surface area contributed by atoms with E-state index in [1.54, 1.807) is 18.4 Å². The second-order valence-electron chi connectivity index (χ2n) is 6.36. The molecular weight excluding hydrogens is 404 g/mol. The second kappa shape index (κ2) is 9.11. The Bertz CT molecular complexity index is 1080. The summed E-state index contributed by atoms with van der Waals surface area (Å²) in [5, 5.41) is 15.1. The minimum Gasteiger partial charge on any atom is -0.497 e. The van der Waals surface area contributed by atoms with E-state index in [2.05, 4.69) is 33.5 Å². The van der Waals surface area contributed by atoms with Crippen LogP contribution in [0.3, 0.4) is 0 Å². The number of nitrogens with zero attached hydrogens (tertiary/aromatic N) is 3. The summed E-state index contributed by atoms with van der Waals surface area (Å²) in [7, 11) is 1.65. The molecule has 2 aromatic heterocycles. The fourth-order valence-corrected chi connectivity index (χ4v) is 4.18. The summed E-state index contributed by atoms with van der Waals surface area (Å²) in [6.07, 6.45) is 0.596. The smallest absolute Gasteiger partial charge is 0.276 e. The third-order valence-corrected chi connectivity index (χ3v) is 5.90. The van der Waals surface area contributed by atoms with Gasteiger partial charge >= 0.3 is 0 Å². The molecule has 2 aromatic carbocycles. The van der Waals surface area contributed by atoms with Gasteiger partial charge in [-0.05, 0) is 36.2 Å². The van der Waals surface area contributed by atoms with Gasteiger partial charge in [0.15, 0.2) is 5.13 Å². The molecule has 0 aliphatic heterocycles. The number of para-hydroxylation sites is 1. The first kappa shape index (κ1) is 19.5. The number of thioether (sulfide) groups is 1. The lowest BCUT2D eigenvalue weighted by Crippen LogP contribution is -1.92. The molecule has 0 aliphatic rings. The van der Waals surface area contributed by atoms with Crippen molar-refractivity contribution in [1.82, 2.24) is 15.2 Å². The standard InChI is InChI=1S/C21H20N4O2S2/c1-14-5-3-4-6-18(14)23-20-22-16(12-28-20)13-29-21-25-24-19(27-21)11-15-7-9-17(26-2)10-8-15/h3-10,12H,11,13H2,1-2H3,(H,22,23). The van der Waals surface area contributed by atoms with E-state index in [4.69, 9.17) is 9.15 Å². The fourth-order valence-electron chi connectivity index (χ4n) is 2.68. The van der Waals surface area contributed by atoms with Gasteiger partial charge in [-0.3, -0.25) is 0 Å². The van der Waals surface area contributed by atoms with E-state index in [-0.39, 0.29) is 0 Å². The highest BCUT2D eigenvalue weighted by Crippen LogP contribution is 2.27. The molecule has 0 bridgehead atoms. The average molecular weight is 425 g/mol. The summed E-state index contributed by atoms with van der Waals surface area (Å²) in [4.78, 5) is 4.64. The Morgan fingerprint density at radius 2 is 1.93 bits per heavy atom. The van der Waals surface area contributed by atoms with Crippen molar-refractivity contribution in [2.75, 3.05) is 12.4 Å². The molecule has 0 fully saturated rings. The molecule has 29 heavy (non-hydrogen) atoms. The van der Waals surface area contributed by atoms with Gasteiger partial charge in [-0.15, -0.1) is 21.5 Å². The van der Waals surface area contributed by atoms with Crippen LogP contribution in [0.1, 0.15) is 22.7 Å². The molecule has 0 saturated heterocycles. The Balaban J connectivity index is 1.32. The molecule has 0 unspecified atom stereocenters. The van der Waals surface area contributed by atoms with Gasteiger partial charge < -0.3 is 14.5 Å². The number of aryl methyl sites for hydroxylation is 1. The Hall–Kier alpha value is -2.84. The Morgan fingerprint density at radius 3 is 2.72 bits per heavy atom. The van der Waals surface area contributed by atoms with Crippen LogP contribution in [0, 0.1) is 6.92 Å². The van der Waals surface area contributed by atoms with Crippen LogP contribution in [0.5, 0.6) is 5.75 Å². The first-order valence-electron chi connectivity index (χ1n) is 9.05. The number of hydrogen-bond donors (Lipinski definition) is 1. The van der Waals surface area contributed by atoms with Gasteiger partial charge in [0.25, 0.3) is 5.22 Å². The van der Waals surface area contributed by atoms with Gasteiger partial charge in [-0.25, -0.2) is 4.98 Å². The highest BCUT2D eigenvalue weighted by atomic mass is 32.2. The van der Waals surface area contributed by atoms with Crippen LogP contribution in [-0.4, -0.2) is 22.3 Å². The molecule has 0 aliphatic carbocycles. The van der Waals surface area contributed by atoms with Crippen molar-refractivity contribution < 1.29 is 9.15 Å². The zero-order valence-electron chi connectivity index (χ0n) is 16.1. The quantitative estimate of drug-likeness (QED) is 0.376. The monoisotopic (exact) mass is 424 g/mol. The maximum atomic E-state index is 5.75. The van der Waals surface area contributed by atoms with Crippen molar-refractivity contribution in [3.8, 4) is 5.75 Å². The van der Waals surface area contributed by atoms with Crippen molar-refractivity contribution in [2.24, 2.45) is 0 Å². The van der Waals surface area contributed by atoms with Crippen LogP contribution in [-0.2, 0) is 12.2 Å². The first-order chi connectivity index (χ1) is 14.2. The highest BCUT2D eigenvalue weighted by Gasteiger charge is 2.10. The minimum atomic E-state index is 0.551. The number of hydrogen-bond acceptors (Lipinski definition) is 8. The van der Waals surface area contributed by atoms with E-state index in [0.29, 0.717) is 23.3 Å². The van der Waals surface area contributed by atoms with Gasteiger partial charge in [0.1, 0.15) is 5.75 Å². The number of nitrogens with one attached hydrogen (secondary N) is 1. The molecule has 6 nitrogen and oxygen atoms in total. The normalized spacial score (nSPS) is 10.8. The first-order valence-corrected chi connectivity index (χ1v) is 10.9. The van der Waals surface area contributed by atoms with Crippen molar-refractivity contribution >= 4 is 33.9 Å². The number of methoxy groups -OCH3 is 1. The molecule has 2 heterocycles. The largest absolute Gasteiger partial charge is 0.497 e. The van der Waals surface area contributed by atoms with Crippen LogP contribution >= 0.6 is 23.1 Å². The van der Waals surface area contributed by atoms with Crippen LogP contribution in [0.25, 0.3) is 0 Å². The maximum absolute atomic E-state index is 5.75. The molecule has 0 atom stereocenters. The number of rotatable bonds is 8. The van der Waals surface area contributed by atoms with Crippen LogP contribution in [0.2, 0.25) is 0 Å². The van der Waals surface area contributed by atoms with Gasteiger partial charge in [0.2, 0.25) is 5.89 Å². The molecule has 148 valence electrons. The molecule has 0 spiro atoms. The summed E-state index contributed by atoms with van der Waals surface area (Å²) in [6, 6.07) is 16.0. The van der Waals surface area contributed by atoms with Gasteiger partial charge in [-0.2, -0.15) is 0 Å². The zero-order chi connectivity index (χ0) is 20.1. The predicted octanol–water partition coefficient (Wildman–Crippen LogP) is 5.47. The van der Waals surface area contributed by atoms with Gasteiger partial charge in [-0.1, -0.05) is 42.1 Å². The Morgan fingerprint density at radius 1 is 1.10 bits per heavy atom. The van der Waals surface area contributed by atoms with Crippen LogP contribution < -0.4 is 10.1 Å². The molecule has 0 saturated carbocycles. The van der Waals surface area contributed by atoms with Crippen molar-refractivity contribution in [3.63, 3.8) is 0 Å². The van der Waals surface area contributed by atoms with E-state index >= 15 is 0 Å². The Kier molecular flexibility index (Phi) is 6.12. The molecular formula is C21H20N4O2S2. The summed E-state index contributed by atoms with van der Waals surface area (Å²) >= 11 is 3.08. The zero-order valence-corrected chi connectivity index (χ0v) is 17.7. The van der Waals surface area contributed by atoms with Crippen molar-refractivity contribution in [3.05, 3.63) is 76.6 Å². The average Bonchev–Trinajstić information content (AvgIpc) is 3.38. The number of ether oxygens (including phenoxy) is 1. The molecule has 4 rings (SSSR count). The fraction of sp³-hybridized carbons (Fsp3) is 0.190. The van der Waals surface area contributed by atoms with E-state index in [1.807, 2.05) is 47.8 Å². The number of anilines is 2. The summed E-state index contributed by atoms with van der Waals surface area (Å²) in [5.74, 6) is 2.10. The van der Waals surface area contributed by atoms with Gasteiger partial charge in [0.05, 0.1) is 19.2 Å². The second-order valence-corrected chi connectivity index (χ2v) is 8.14. The number of aromatic nitrogens is 3. The number of thiazole rings is 1. The maximum Gasteiger partial charge on any atom is 0.276 e. The lowest BCUT2D eigenvalue weighted by molar-refractivity contribution is 0.413. The van der Waals surface area contributed by atoms with E-state index in [9.17, 15) is 0 Å². The third-order valence-electron chi connectivity index (χ3n) is 4.24. The van der Waals surface area contributed by atoms with Crippen molar-refractivity contribution in [2.45, 2.75) is 24.3 Å². The molecule has 1 N–H and O–H groups in total.